The van der Waals surface area contributed by atoms with E-state index in [-0.39, 0.29) is 83.3 Å². The topological polar surface area (TPSA) is 127 Å². The van der Waals surface area contributed by atoms with E-state index in [0.29, 0.717) is 20.4 Å². The number of ether oxygens (including phenoxy) is 4. The lowest BCUT2D eigenvalue weighted by molar-refractivity contribution is -0.136. The van der Waals surface area contributed by atoms with Crippen LogP contribution in [0.3, 0.4) is 0 Å². The number of Topliss-reactive ketones (excluding diaryl/α,β-unsaturated/α-hetero) is 2. The molecule has 0 unspecified atom stereocenters. The molecule has 0 spiro atoms. The summed E-state index contributed by atoms with van der Waals surface area (Å²) in [5.74, 6) is -3.03. The van der Waals surface area contributed by atoms with Crippen LogP contribution in [-0.4, -0.2) is 70.5 Å². The SMILES string of the molecule is COc1cc2sc(C(=O)CCC(=O)O)cc2c(F)c1OCCCOc1c(OC)cc2sc(C(=O)CCP(OC)OC)cc2c1F. The standard InChI is InChI=1S/C30H31F2O10PS2/c1-37-20-14-22-16(12-24(44-22)18(33)6-7-26(35)36)27(31)29(20)41-9-5-10-42-30-21(38-2)15-23-17(28(30)32)13-25(45-23)19(34)8-11-43(39-3)40-4/h12-15H,5-11H2,1-4H3,(H,35,36). The summed E-state index contributed by atoms with van der Waals surface area (Å²) in [6.45, 7) is -0.0127. The zero-order chi connectivity index (χ0) is 32.7. The lowest BCUT2D eigenvalue weighted by Crippen LogP contribution is -2.08. The van der Waals surface area contributed by atoms with Crippen molar-refractivity contribution >= 4 is 68.8 Å². The van der Waals surface area contributed by atoms with Crippen molar-refractivity contribution in [3.05, 3.63) is 45.7 Å². The van der Waals surface area contributed by atoms with Crippen LogP contribution in [0.4, 0.5) is 8.78 Å². The molecule has 0 aliphatic heterocycles. The van der Waals surface area contributed by atoms with Crippen molar-refractivity contribution in [3.63, 3.8) is 0 Å². The van der Waals surface area contributed by atoms with Gasteiger partial charge in [0, 0.05) is 71.9 Å². The second kappa shape index (κ2) is 15.7. The molecule has 2 aromatic carbocycles. The fourth-order valence-corrected chi connectivity index (χ4v) is 7.38. The van der Waals surface area contributed by atoms with E-state index in [9.17, 15) is 14.4 Å². The quantitative estimate of drug-likeness (QED) is 0.0640. The van der Waals surface area contributed by atoms with Gasteiger partial charge in [0.25, 0.3) is 0 Å². The lowest BCUT2D eigenvalue weighted by atomic mass is 10.1. The van der Waals surface area contributed by atoms with E-state index in [4.69, 9.17) is 33.1 Å². The molecule has 0 fully saturated rings. The number of halogens is 2. The van der Waals surface area contributed by atoms with Gasteiger partial charge in [-0.2, -0.15) is 0 Å². The van der Waals surface area contributed by atoms with Crippen molar-refractivity contribution < 1.29 is 56.3 Å². The molecule has 0 atom stereocenters. The van der Waals surface area contributed by atoms with Gasteiger partial charge in [-0.05, 0) is 12.1 Å². The molecule has 0 amide bonds. The Morgan fingerprint density at radius 1 is 0.733 bits per heavy atom. The van der Waals surface area contributed by atoms with Crippen molar-refractivity contribution in [2.24, 2.45) is 0 Å². The second-order valence-electron chi connectivity index (χ2n) is 9.45. The average Bonchev–Trinajstić information content (AvgIpc) is 3.67. The summed E-state index contributed by atoms with van der Waals surface area (Å²) in [4.78, 5) is 36.5. The monoisotopic (exact) mass is 684 g/mol. The van der Waals surface area contributed by atoms with Crippen LogP contribution in [-0.2, 0) is 13.8 Å². The number of benzene rings is 2. The largest absolute Gasteiger partial charge is 0.493 e. The van der Waals surface area contributed by atoms with Crippen molar-refractivity contribution in [3.8, 4) is 23.0 Å². The molecule has 10 nitrogen and oxygen atoms in total. The molecule has 242 valence electrons. The molecule has 0 radical (unpaired) electrons. The zero-order valence-corrected chi connectivity index (χ0v) is 27.4. The molecule has 0 aliphatic carbocycles. The molecule has 0 bridgehead atoms. The summed E-state index contributed by atoms with van der Waals surface area (Å²) >= 11 is 2.20. The smallest absolute Gasteiger partial charge is 0.303 e. The number of carboxylic acid groups (broad SMARTS) is 1. The number of aliphatic carboxylic acids is 1. The highest BCUT2D eigenvalue weighted by Crippen LogP contribution is 2.42. The van der Waals surface area contributed by atoms with E-state index >= 15 is 8.78 Å². The summed E-state index contributed by atoms with van der Waals surface area (Å²) in [5.41, 5.74) is 0. The lowest BCUT2D eigenvalue weighted by Gasteiger charge is -2.14. The third-order valence-electron chi connectivity index (χ3n) is 6.63. The molecule has 4 aromatic rings. The Morgan fingerprint density at radius 2 is 1.20 bits per heavy atom. The van der Waals surface area contributed by atoms with Crippen LogP contribution in [0.2, 0.25) is 0 Å². The number of carbonyl (C=O) groups excluding carboxylic acids is 2. The van der Waals surface area contributed by atoms with Gasteiger partial charge >= 0.3 is 5.97 Å². The highest BCUT2D eigenvalue weighted by molar-refractivity contribution is 7.47. The van der Waals surface area contributed by atoms with E-state index < -0.39 is 31.8 Å². The van der Waals surface area contributed by atoms with Crippen molar-refractivity contribution in [1.82, 2.24) is 0 Å². The first-order chi connectivity index (χ1) is 21.6. The Balaban J connectivity index is 1.42. The Bertz CT molecular complexity index is 1700. The van der Waals surface area contributed by atoms with Crippen molar-refractivity contribution in [2.75, 3.05) is 47.8 Å². The third-order valence-corrected chi connectivity index (χ3v) is 10.3. The molecular weight excluding hydrogens is 653 g/mol. The Morgan fingerprint density at radius 3 is 1.62 bits per heavy atom. The van der Waals surface area contributed by atoms with Crippen LogP contribution in [0.15, 0.2) is 24.3 Å². The van der Waals surface area contributed by atoms with Gasteiger partial charge in [0.2, 0.25) is 0 Å². The molecular formula is C30H31F2O10PS2. The number of carbonyl (C=O) groups is 3. The summed E-state index contributed by atoms with van der Waals surface area (Å²) in [5, 5.41) is 9.22. The molecule has 15 heteroatoms. The van der Waals surface area contributed by atoms with Crippen LogP contribution in [0.25, 0.3) is 20.2 Å². The summed E-state index contributed by atoms with van der Waals surface area (Å²) in [6, 6.07) is 6.03. The normalized spacial score (nSPS) is 11.4. The zero-order valence-electron chi connectivity index (χ0n) is 24.9. The number of methoxy groups -OCH3 is 2. The Kier molecular flexibility index (Phi) is 12.0. The van der Waals surface area contributed by atoms with E-state index in [1.54, 1.807) is 12.1 Å². The van der Waals surface area contributed by atoms with Gasteiger partial charge in [0.15, 0.2) is 54.6 Å². The van der Waals surface area contributed by atoms with Crippen LogP contribution >= 0.6 is 31.0 Å². The maximum Gasteiger partial charge on any atom is 0.303 e. The second-order valence-corrected chi connectivity index (χ2v) is 13.5. The predicted molar refractivity (Wildman–Crippen MR) is 168 cm³/mol. The fourth-order valence-electron chi connectivity index (χ4n) is 4.37. The minimum Gasteiger partial charge on any atom is -0.493 e. The highest BCUT2D eigenvalue weighted by atomic mass is 32.1. The van der Waals surface area contributed by atoms with E-state index in [1.807, 2.05) is 0 Å². The molecule has 2 heterocycles. The molecule has 2 aromatic heterocycles. The van der Waals surface area contributed by atoms with Gasteiger partial charge in [0.05, 0.1) is 43.6 Å². The van der Waals surface area contributed by atoms with E-state index in [0.717, 1.165) is 22.7 Å². The molecule has 45 heavy (non-hydrogen) atoms. The fraction of sp³-hybridized carbons (Fsp3) is 0.367. The third kappa shape index (κ3) is 8.06. The van der Waals surface area contributed by atoms with E-state index in [2.05, 4.69) is 0 Å². The molecule has 4 rings (SSSR count). The number of hydrogen-bond donors (Lipinski definition) is 1. The maximum atomic E-state index is 15.5. The molecule has 0 saturated carbocycles. The number of thiophene rings is 2. The summed E-state index contributed by atoms with van der Waals surface area (Å²) < 4.78 is 64.4. The van der Waals surface area contributed by atoms with Crippen LogP contribution < -0.4 is 18.9 Å². The number of hydrogen-bond acceptors (Lipinski definition) is 11. The number of carboxylic acids is 1. The molecule has 0 saturated heterocycles. The van der Waals surface area contributed by atoms with Crippen LogP contribution in [0.1, 0.15) is 45.0 Å². The average molecular weight is 685 g/mol. The molecule has 0 aliphatic rings. The summed E-state index contributed by atoms with van der Waals surface area (Å²) in [7, 11) is 4.61. The first-order valence-electron chi connectivity index (χ1n) is 13.6. The number of fused-ring (bicyclic) bond motifs is 2. The number of rotatable bonds is 18. The van der Waals surface area contributed by atoms with Gasteiger partial charge in [-0.25, -0.2) is 8.78 Å². The van der Waals surface area contributed by atoms with Gasteiger partial charge < -0.3 is 33.1 Å². The first-order valence-corrected chi connectivity index (χ1v) is 16.6. The minimum atomic E-state index is -1.16. The predicted octanol–water partition coefficient (Wildman–Crippen LogP) is 7.48. The Hall–Kier alpha value is -3.42. The van der Waals surface area contributed by atoms with Crippen molar-refractivity contribution in [1.29, 1.82) is 0 Å². The van der Waals surface area contributed by atoms with Gasteiger partial charge in [0.1, 0.15) is 0 Å². The minimum absolute atomic E-state index is 0.000841. The van der Waals surface area contributed by atoms with Gasteiger partial charge in [-0.1, -0.05) is 0 Å². The van der Waals surface area contributed by atoms with Crippen LogP contribution in [0, 0.1) is 11.6 Å². The first kappa shape index (κ1) is 34.5. The Labute approximate surface area is 266 Å². The van der Waals surface area contributed by atoms with Gasteiger partial charge in [-0.15, -0.1) is 22.7 Å². The maximum absolute atomic E-state index is 15.5. The van der Waals surface area contributed by atoms with E-state index in [1.165, 1.54) is 40.6 Å². The summed E-state index contributed by atoms with van der Waals surface area (Å²) in [6.07, 6.45) is 0.333. The van der Waals surface area contributed by atoms with Crippen molar-refractivity contribution in [2.45, 2.75) is 25.7 Å². The van der Waals surface area contributed by atoms with Gasteiger partial charge in [-0.3, -0.25) is 14.4 Å². The molecule has 1 N–H and O–H groups in total. The van der Waals surface area contributed by atoms with Crippen LogP contribution in [0.5, 0.6) is 23.0 Å². The number of ketones is 2. The highest BCUT2D eigenvalue weighted by Gasteiger charge is 2.23.